The summed E-state index contributed by atoms with van der Waals surface area (Å²) in [6.07, 6.45) is -0.526. The van der Waals surface area contributed by atoms with E-state index in [4.69, 9.17) is 9.47 Å². The van der Waals surface area contributed by atoms with Crippen molar-refractivity contribution in [3.63, 3.8) is 0 Å². The Bertz CT molecular complexity index is 535. The third-order valence-corrected chi connectivity index (χ3v) is 2.16. The van der Waals surface area contributed by atoms with Gasteiger partial charge in [-0.15, -0.1) is 0 Å². The fourth-order valence-electron chi connectivity index (χ4n) is 1.36. The van der Waals surface area contributed by atoms with E-state index < -0.39 is 11.7 Å². The number of hydrogen-bond donors (Lipinski definition) is 2. The van der Waals surface area contributed by atoms with Crippen LogP contribution in [0.25, 0.3) is 0 Å². The molecule has 0 aliphatic rings. The van der Waals surface area contributed by atoms with E-state index in [1.54, 1.807) is 39.0 Å². The lowest BCUT2D eigenvalue weighted by atomic mass is 10.2. The van der Waals surface area contributed by atoms with Gasteiger partial charge in [0.25, 0.3) is 0 Å². The zero-order chi connectivity index (χ0) is 15.2. The SMILES string of the molecule is COc1cccc(C#CCNC(=O)OC(C)(C)C)c1O. The van der Waals surface area contributed by atoms with E-state index in [0.717, 1.165) is 0 Å². The lowest BCUT2D eigenvalue weighted by molar-refractivity contribution is 0.0535. The van der Waals surface area contributed by atoms with Crippen LogP contribution in [-0.4, -0.2) is 30.5 Å². The van der Waals surface area contributed by atoms with E-state index in [1.807, 2.05) is 0 Å². The fourth-order valence-corrected chi connectivity index (χ4v) is 1.36. The molecule has 0 heterocycles. The van der Waals surface area contributed by atoms with E-state index in [2.05, 4.69) is 17.2 Å². The van der Waals surface area contributed by atoms with Crippen LogP contribution in [0.15, 0.2) is 18.2 Å². The molecule has 5 heteroatoms. The summed E-state index contributed by atoms with van der Waals surface area (Å²) in [6.45, 7) is 5.48. The van der Waals surface area contributed by atoms with Crippen molar-refractivity contribution in [3.05, 3.63) is 23.8 Å². The second-order valence-electron chi connectivity index (χ2n) is 5.01. The number of nitrogens with one attached hydrogen (secondary N) is 1. The second kappa shape index (κ2) is 6.71. The number of phenolic OH excluding ortho intramolecular Hbond substituents is 1. The molecule has 108 valence electrons. The van der Waals surface area contributed by atoms with Crippen molar-refractivity contribution in [1.82, 2.24) is 5.32 Å². The van der Waals surface area contributed by atoms with E-state index >= 15 is 0 Å². The van der Waals surface area contributed by atoms with Crippen LogP contribution in [0, 0.1) is 11.8 Å². The molecule has 2 N–H and O–H groups in total. The summed E-state index contributed by atoms with van der Waals surface area (Å²) in [5, 5.41) is 12.3. The number of benzene rings is 1. The van der Waals surface area contributed by atoms with Gasteiger partial charge in [0.1, 0.15) is 5.60 Å². The molecule has 20 heavy (non-hydrogen) atoms. The quantitative estimate of drug-likeness (QED) is 0.814. The van der Waals surface area contributed by atoms with Gasteiger partial charge in [-0.05, 0) is 32.9 Å². The largest absolute Gasteiger partial charge is 0.503 e. The van der Waals surface area contributed by atoms with Gasteiger partial charge in [0.05, 0.1) is 19.2 Å². The molecule has 0 aliphatic heterocycles. The predicted molar refractivity (Wildman–Crippen MR) is 75.8 cm³/mol. The third-order valence-electron chi connectivity index (χ3n) is 2.16. The predicted octanol–water partition coefficient (Wildman–Crippen LogP) is 2.28. The van der Waals surface area contributed by atoms with Crippen molar-refractivity contribution >= 4 is 6.09 Å². The maximum absolute atomic E-state index is 11.4. The van der Waals surface area contributed by atoms with Crippen LogP contribution in [0.4, 0.5) is 4.79 Å². The lowest BCUT2D eigenvalue weighted by Crippen LogP contribution is -2.32. The first-order valence-corrected chi connectivity index (χ1v) is 6.15. The summed E-state index contributed by atoms with van der Waals surface area (Å²) < 4.78 is 10.0. The maximum Gasteiger partial charge on any atom is 0.408 e. The number of methoxy groups -OCH3 is 1. The van der Waals surface area contributed by atoms with E-state index in [1.165, 1.54) is 7.11 Å². The number of amides is 1. The molecule has 0 spiro atoms. The van der Waals surface area contributed by atoms with Crippen LogP contribution in [0.5, 0.6) is 11.5 Å². The molecule has 0 fully saturated rings. The summed E-state index contributed by atoms with van der Waals surface area (Å²) in [7, 11) is 1.47. The summed E-state index contributed by atoms with van der Waals surface area (Å²) >= 11 is 0. The Hall–Kier alpha value is -2.35. The Morgan fingerprint density at radius 1 is 1.40 bits per heavy atom. The molecule has 0 aromatic heterocycles. The molecule has 0 aliphatic carbocycles. The Balaban J connectivity index is 2.58. The van der Waals surface area contributed by atoms with Gasteiger partial charge in [-0.3, -0.25) is 0 Å². The normalized spacial score (nSPS) is 10.2. The number of aromatic hydroxyl groups is 1. The standard InChI is InChI=1S/C15H19NO4/c1-15(2,3)20-14(18)16-10-6-8-11-7-5-9-12(19-4)13(11)17/h5,7,9,17H,10H2,1-4H3,(H,16,18). The lowest BCUT2D eigenvalue weighted by Gasteiger charge is -2.19. The highest BCUT2D eigenvalue weighted by atomic mass is 16.6. The highest BCUT2D eigenvalue weighted by molar-refractivity contribution is 5.68. The molecule has 1 aromatic rings. The smallest absolute Gasteiger partial charge is 0.408 e. The van der Waals surface area contributed by atoms with Crippen molar-refractivity contribution < 1.29 is 19.4 Å². The van der Waals surface area contributed by atoms with Gasteiger partial charge in [-0.1, -0.05) is 17.9 Å². The van der Waals surface area contributed by atoms with Crippen LogP contribution in [0.1, 0.15) is 26.3 Å². The zero-order valence-corrected chi connectivity index (χ0v) is 12.1. The highest BCUT2D eigenvalue weighted by Crippen LogP contribution is 2.28. The van der Waals surface area contributed by atoms with Crippen molar-refractivity contribution in [2.24, 2.45) is 0 Å². The van der Waals surface area contributed by atoms with Gasteiger partial charge in [0, 0.05) is 0 Å². The van der Waals surface area contributed by atoms with Crippen LogP contribution < -0.4 is 10.1 Å². The Morgan fingerprint density at radius 3 is 2.70 bits per heavy atom. The molecule has 0 unspecified atom stereocenters. The second-order valence-corrected chi connectivity index (χ2v) is 5.01. The molecule has 0 radical (unpaired) electrons. The molecular formula is C15H19NO4. The minimum absolute atomic E-state index is 0.0141. The van der Waals surface area contributed by atoms with Gasteiger partial charge < -0.3 is 19.9 Å². The van der Waals surface area contributed by atoms with Crippen molar-refractivity contribution in [1.29, 1.82) is 0 Å². The number of phenols is 1. The Kier molecular flexibility index (Phi) is 5.27. The summed E-state index contributed by atoms with van der Waals surface area (Å²) in [5.41, 5.74) is -0.0990. The third kappa shape index (κ3) is 5.11. The molecule has 0 saturated carbocycles. The molecule has 0 saturated heterocycles. The van der Waals surface area contributed by atoms with Gasteiger partial charge in [0.2, 0.25) is 0 Å². The Labute approximate surface area is 118 Å². The van der Waals surface area contributed by atoms with Gasteiger partial charge in [0.15, 0.2) is 11.5 Å². The molecule has 0 atom stereocenters. The van der Waals surface area contributed by atoms with Gasteiger partial charge in [-0.25, -0.2) is 4.79 Å². The topological polar surface area (TPSA) is 67.8 Å². The molecule has 5 nitrogen and oxygen atoms in total. The average Bonchev–Trinajstić information content (AvgIpc) is 2.34. The van der Waals surface area contributed by atoms with Crippen LogP contribution in [0.3, 0.4) is 0 Å². The number of alkyl carbamates (subject to hydrolysis) is 1. The van der Waals surface area contributed by atoms with Crippen molar-refractivity contribution in [2.45, 2.75) is 26.4 Å². The number of para-hydroxylation sites is 1. The van der Waals surface area contributed by atoms with Crippen molar-refractivity contribution in [3.8, 4) is 23.3 Å². The molecule has 1 rings (SSSR count). The first-order valence-electron chi connectivity index (χ1n) is 6.15. The number of rotatable bonds is 2. The van der Waals surface area contributed by atoms with Gasteiger partial charge >= 0.3 is 6.09 Å². The van der Waals surface area contributed by atoms with E-state index in [0.29, 0.717) is 11.3 Å². The summed E-state index contributed by atoms with van der Waals surface area (Å²) in [6, 6.07) is 5.03. The summed E-state index contributed by atoms with van der Waals surface area (Å²) in [5.74, 6) is 5.83. The van der Waals surface area contributed by atoms with E-state index in [9.17, 15) is 9.90 Å². The maximum atomic E-state index is 11.4. The first-order chi connectivity index (χ1) is 9.33. The number of carbonyl (C=O) groups excluding carboxylic acids is 1. The van der Waals surface area contributed by atoms with Gasteiger partial charge in [-0.2, -0.15) is 0 Å². The fraction of sp³-hybridized carbons (Fsp3) is 0.400. The first kappa shape index (κ1) is 15.7. The van der Waals surface area contributed by atoms with E-state index in [-0.39, 0.29) is 12.3 Å². The number of ether oxygens (including phenoxy) is 2. The monoisotopic (exact) mass is 277 g/mol. The minimum atomic E-state index is -0.539. The van der Waals surface area contributed by atoms with Crippen LogP contribution >= 0.6 is 0 Å². The number of hydrogen-bond acceptors (Lipinski definition) is 4. The minimum Gasteiger partial charge on any atom is -0.503 e. The van der Waals surface area contributed by atoms with Crippen LogP contribution in [0.2, 0.25) is 0 Å². The zero-order valence-electron chi connectivity index (χ0n) is 12.1. The van der Waals surface area contributed by atoms with Crippen LogP contribution in [-0.2, 0) is 4.74 Å². The highest BCUT2D eigenvalue weighted by Gasteiger charge is 2.15. The number of carbonyl (C=O) groups is 1. The molecule has 0 bridgehead atoms. The molecular weight excluding hydrogens is 258 g/mol. The summed E-state index contributed by atoms with van der Waals surface area (Å²) in [4.78, 5) is 11.4. The molecule has 1 aromatic carbocycles. The average molecular weight is 277 g/mol. The van der Waals surface area contributed by atoms with Crippen molar-refractivity contribution in [2.75, 3.05) is 13.7 Å². The molecule has 1 amide bonds. The Morgan fingerprint density at radius 2 is 2.10 bits per heavy atom.